The maximum atomic E-state index is 12.7. The Morgan fingerprint density at radius 1 is 0.368 bits per heavy atom. The van der Waals surface area contributed by atoms with Crippen LogP contribution >= 0.6 is 0 Å². The van der Waals surface area contributed by atoms with Gasteiger partial charge in [-0.3, -0.25) is 14.4 Å². The van der Waals surface area contributed by atoms with Crippen LogP contribution in [0, 0.1) is 0 Å². The Balaban J connectivity index is 4.40. The minimum Gasteiger partial charge on any atom is -0.462 e. The maximum absolute atomic E-state index is 12.7. The van der Waals surface area contributed by atoms with Gasteiger partial charge in [0.1, 0.15) is 13.2 Å². The van der Waals surface area contributed by atoms with Crippen molar-refractivity contribution >= 4 is 17.9 Å². The molecule has 0 heterocycles. The normalized spacial score (nSPS) is 12.5. The average molecular weight is 797 g/mol. The topological polar surface area (TPSA) is 78.9 Å². The van der Waals surface area contributed by atoms with Gasteiger partial charge >= 0.3 is 17.9 Å². The van der Waals surface area contributed by atoms with E-state index >= 15 is 0 Å². The molecule has 0 bridgehead atoms. The van der Waals surface area contributed by atoms with Crippen LogP contribution in [-0.2, 0) is 28.6 Å². The van der Waals surface area contributed by atoms with E-state index in [4.69, 9.17) is 14.2 Å². The van der Waals surface area contributed by atoms with E-state index in [-0.39, 0.29) is 31.1 Å². The van der Waals surface area contributed by atoms with Crippen molar-refractivity contribution in [3.8, 4) is 0 Å². The Kier molecular flexibility index (Phi) is 43.5. The molecule has 0 fully saturated rings. The summed E-state index contributed by atoms with van der Waals surface area (Å²) in [5.41, 5.74) is 0. The summed E-state index contributed by atoms with van der Waals surface area (Å²) in [6.07, 6.45) is 54.9. The maximum Gasteiger partial charge on any atom is 0.306 e. The Labute approximate surface area is 351 Å². The number of ether oxygens (including phenoxy) is 3. The molecule has 0 aliphatic heterocycles. The zero-order valence-corrected chi connectivity index (χ0v) is 37.3. The molecule has 1 unspecified atom stereocenters. The summed E-state index contributed by atoms with van der Waals surface area (Å²) < 4.78 is 16.7. The fourth-order valence-corrected chi connectivity index (χ4v) is 6.42. The molecule has 0 radical (unpaired) electrons. The first-order valence-corrected chi connectivity index (χ1v) is 23.8. The van der Waals surface area contributed by atoms with Crippen LogP contribution in [0.5, 0.6) is 0 Å². The largest absolute Gasteiger partial charge is 0.462 e. The predicted molar refractivity (Wildman–Crippen MR) is 242 cm³/mol. The Bertz CT molecular complexity index is 1050. The Morgan fingerprint density at radius 3 is 1.16 bits per heavy atom. The molecule has 0 N–H and O–H groups in total. The van der Waals surface area contributed by atoms with Crippen LogP contribution < -0.4 is 0 Å². The SMILES string of the molecule is CC\C=C/C=C\C=C/CCCCCCCC(=O)OC(COC(=O)CCCCCC/C=C\CCCC)COC(=O)CCCCCCC/C=C\CCCCCCCCC. The Morgan fingerprint density at radius 2 is 0.719 bits per heavy atom. The molecule has 0 aromatic rings. The van der Waals surface area contributed by atoms with Crippen LogP contribution in [0.25, 0.3) is 0 Å². The van der Waals surface area contributed by atoms with Gasteiger partial charge in [-0.1, -0.05) is 184 Å². The first-order chi connectivity index (χ1) is 28.0. The van der Waals surface area contributed by atoms with Crippen molar-refractivity contribution in [3.63, 3.8) is 0 Å². The highest BCUT2D eigenvalue weighted by Crippen LogP contribution is 2.13. The van der Waals surface area contributed by atoms with Gasteiger partial charge in [-0.05, 0) is 83.5 Å². The first-order valence-electron chi connectivity index (χ1n) is 23.8. The second-order valence-corrected chi connectivity index (χ2v) is 15.7. The molecule has 1 atom stereocenters. The fraction of sp³-hybridized carbons (Fsp3) is 0.745. The monoisotopic (exact) mass is 797 g/mol. The highest BCUT2D eigenvalue weighted by atomic mass is 16.6. The van der Waals surface area contributed by atoms with E-state index in [0.29, 0.717) is 19.3 Å². The molecule has 0 amide bonds. The molecule has 0 spiro atoms. The van der Waals surface area contributed by atoms with Crippen LogP contribution in [0.4, 0.5) is 0 Å². The van der Waals surface area contributed by atoms with Crippen molar-refractivity contribution in [2.75, 3.05) is 13.2 Å². The van der Waals surface area contributed by atoms with Crippen molar-refractivity contribution < 1.29 is 28.6 Å². The lowest BCUT2D eigenvalue weighted by molar-refractivity contribution is -0.167. The van der Waals surface area contributed by atoms with Crippen LogP contribution in [0.15, 0.2) is 60.8 Å². The van der Waals surface area contributed by atoms with Gasteiger partial charge in [0, 0.05) is 19.3 Å². The number of hydrogen-bond donors (Lipinski definition) is 0. The fourth-order valence-electron chi connectivity index (χ4n) is 6.42. The van der Waals surface area contributed by atoms with Gasteiger partial charge in [0.2, 0.25) is 0 Å². The molecular formula is C51H88O6. The van der Waals surface area contributed by atoms with Gasteiger partial charge in [-0.25, -0.2) is 0 Å². The molecule has 0 aromatic heterocycles. The van der Waals surface area contributed by atoms with Gasteiger partial charge in [0.05, 0.1) is 0 Å². The minimum atomic E-state index is -0.790. The molecule has 328 valence electrons. The Hall–Kier alpha value is -2.89. The van der Waals surface area contributed by atoms with E-state index in [0.717, 1.165) is 109 Å². The lowest BCUT2D eigenvalue weighted by Gasteiger charge is -2.18. The molecule has 0 saturated heterocycles. The summed E-state index contributed by atoms with van der Waals surface area (Å²) in [5, 5.41) is 0. The lowest BCUT2D eigenvalue weighted by Crippen LogP contribution is -2.30. The molecule has 6 heteroatoms. The number of carbonyl (C=O) groups is 3. The van der Waals surface area contributed by atoms with Gasteiger partial charge in [-0.2, -0.15) is 0 Å². The highest BCUT2D eigenvalue weighted by molar-refractivity contribution is 5.71. The third-order valence-electron chi connectivity index (χ3n) is 10.0. The molecule has 6 nitrogen and oxygen atoms in total. The van der Waals surface area contributed by atoms with Crippen LogP contribution in [-0.4, -0.2) is 37.2 Å². The van der Waals surface area contributed by atoms with Crippen molar-refractivity contribution in [2.45, 2.75) is 232 Å². The molecule has 57 heavy (non-hydrogen) atoms. The van der Waals surface area contributed by atoms with E-state index in [2.05, 4.69) is 81.5 Å². The molecule has 0 rings (SSSR count). The minimum absolute atomic E-state index is 0.0909. The average Bonchev–Trinajstić information content (AvgIpc) is 3.21. The number of rotatable bonds is 42. The van der Waals surface area contributed by atoms with Crippen molar-refractivity contribution in [2.24, 2.45) is 0 Å². The predicted octanol–water partition coefficient (Wildman–Crippen LogP) is 15.3. The van der Waals surface area contributed by atoms with E-state index in [1.165, 1.54) is 77.0 Å². The summed E-state index contributed by atoms with van der Waals surface area (Å²) in [5.74, 6) is -0.935. The van der Waals surface area contributed by atoms with Gasteiger partial charge in [-0.15, -0.1) is 0 Å². The molecule has 0 saturated carbocycles. The van der Waals surface area contributed by atoms with Crippen LogP contribution in [0.3, 0.4) is 0 Å². The summed E-state index contributed by atoms with van der Waals surface area (Å²) in [4.78, 5) is 37.8. The smallest absolute Gasteiger partial charge is 0.306 e. The van der Waals surface area contributed by atoms with E-state index in [1.807, 2.05) is 0 Å². The summed E-state index contributed by atoms with van der Waals surface area (Å²) in [6.45, 7) is 6.41. The lowest BCUT2D eigenvalue weighted by atomic mass is 10.1. The second-order valence-electron chi connectivity index (χ2n) is 15.7. The third kappa shape index (κ3) is 44.1. The molecule has 0 aliphatic rings. The zero-order chi connectivity index (χ0) is 41.5. The number of unbranched alkanes of at least 4 members (excludes halogenated alkanes) is 23. The van der Waals surface area contributed by atoms with Gasteiger partial charge in [0.15, 0.2) is 6.10 Å². The van der Waals surface area contributed by atoms with E-state index in [1.54, 1.807) is 0 Å². The zero-order valence-electron chi connectivity index (χ0n) is 37.3. The van der Waals surface area contributed by atoms with Crippen LogP contribution in [0.1, 0.15) is 226 Å². The second kappa shape index (κ2) is 45.8. The number of allylic oxidation sites excluding steroid dienone is 10. The highest BCUT2D eigenvalue weighted by Gasteiger charge is 2.19. The number of esters is 3. The molecular weight excluding hydrogens is 709 g/mol. The van der Waals surface area contributed by atoms with Crippen molar-refractivity contribution in [1.29, 1.82) is 0 Å². The standard InChI is InChI=1S/C51H88O6/c1-4-7-10-13-16-19-22-24-25-26-28-29-32-35-38-41-44-50(53)56-47-48(46-55-49(52)43-40-37-34-31-21-18-15-12-9-6-3)57-51(54)45-42-39-36-33-30-27-23-20-17-14-11-8-5-2/h8,11,14-15,17-18,20,23,25-26,48H,4-7,9-10,12-13,16,19,21-22,24,27-47H2,1-3H3/b11-8-,17-14-,18-15-,23-20-,26-25-. The molecule has 0 aliphatic carbocycles. The van der Waals surface area contributed by atoms with E-state index in [9.17, 15) is 14.4 Å². The summed E-state index contributed by atoms with van der Waals surface area (Å²) in [6, 6.07) is 0. The van der Waals surface area contributed by atoms with Crippen LogP contribution in [0.2, 0.25) is 0 Å². The summed E-state index contributed by atoms with van der Waals surface area (Å²) in [7, 11) is 0. The van der Waals surface area contributed by atoms with E-state index < -0.39 is 6.10 Å². The van der Waals surface area contributed by atoms with Crippen molar-refractivity contribution in [1.82, 2.24) is 0 Å². The van der Waals surface area contributed by atoms with Crippen molar-refractivity contribution in [3.05, 3.63) is 60.8 Å². The van der Waals surface area contributed by atoms with Gasteiger partial charge in [0.25, 0.3) is 0 Å². The van der Waals surface area contributed by atoms with Gasteiger partial charge < -0.3 is 14.2 Å². The number of carbonyl (C=O) groups excluding carboxylic acids is 3. The first kappa shape index (κ1) is 54.1. The quantitative estimate of drug-likeness (QED) is 0.0201. The summed E-state index contributed by atoms with van der Waals surface area (Å²) >= 11 is 0. The third-order valence-corrected chi connectivity index (χ3v) is 10.0. The molecule has 0 aromatic carbocycles. The number of hydrogen-bond acceptors (Lipinski definition) is 6.